The fourth-order valence-electron chi connectivity index (χ4n) is 3.62. The molecular weight excluding hydrogens is 362 g/mol. The van der Waals surface area contributed by atoms with E-state index in [9.17, 15) is 0 Å². The van der Waals surface area contributed by atoms with Crippen molar-refractivity contribution >= 4 is 26.8 Å². The van der Waals surface area contributed by atoms with Gasteiger partial charge in [-0.2, -0.15) is 0 Å². The van der Waals surface area contributed by atoms with Gasteiger partial charge in [-0.15, -0.1) is 0 Å². The number of fused-ring (bicyclic) bond motifs is 3. The van der Waals surface area contributed by atoms with Crippen LogP contribution in [-0.2, 0) is 25.8 Å². The Bertz CT molecular complexity index is 880. The molecule has 1 unspecified atom stereocenters. The SMILES string of the molecule is Cc1ccc(CCc2ccc(Br)c3[nH]c4c(c23)CNC(C)C4)cn1. The average molecular weight is 384 g/mol. The standard InChI is InChI=1S/C20H22BrN3/c1-12-3-4-14(10-22-12)5-6-15-7-8-17(21)20-19(15)16-11-23-13(2)9-18(16)24-20/h3-4,7-8,10,13,23-24H,5-6,9,11H2,1-2H3. The monoisotopic (exact) mass is 383 g/mol. The number of aromatic nitrogens is 2. The molecule has 0 radical (unpaired) electrons. The predicted octanol–water partition coefficient (Wildman–Crippen LogP) is 4.45. The van der Waals surface area contributed by atoms with Crippen LogP contribution in [0.5, 0.6) is 0 Å². The molecular formula is C20H22BrN3. The maximum absolute atomic E-state index is 4.41. The summed E-state index contributed by atoms with van der Waals surface area (Å²) in [5.74, 6) is 0. The molecule has 24 heavy (non-hydrogen) atoms. The number of aromatic amines is 1. The van der Waals surface area contributed by atoms with Gasteiger partial charge in [0.1, 0.15) is 0 Å². The van der Waals surface area contributed by atoms with Crippen molar-refractivity contribution in [1.29, 1.82) is 0 Å². The molecule has 1 atom stereocenters. The van der Waals surface area contributed by atoms with Crippen molar-refractivity contribution in [3.63, 3.8) is 0 Å². The molecule has 4 heteroatoms. The maximum atomic E-state index is 4.41. The number of rotatable bonds is 3. The van der Waals surface area contributed by atoms with E-state index >= 15 is 0 Å². The zero-order valence-corrected chi connectivity index (χ0v) is 15.7. The molecule has 0 amide bonds. The summed E-state index contributed by atoms with van der Waals surface area (Å²) in [5, 5.41) is 5.00. The molecule has 0 saturated carbocycles. The molecule has 1 aliphatic heterocycles. The summed E-state index contributed by atoms with van der Waals surface area (Å²) in [6.45, 7) is 5.23. The first kappa shape index (κ1) is 15.9. The smallest absolute Gasteiger partial charge is 0.0606 e. The number of pyridine rings is 1. The number of nitrogens with zero attached hydrogens (tertiary/aromatic N) is 1. The highest BCUT2D eigenvalue weighted by Gasteiger charge is 2.21. The molecule has 0 saturated heterocycles. The zero-order chi connectivity index (χ0) is 16.7. The second-order valence-electron chi connectivity index (χ2n) is 6.83. The quantitative estimate of drug-likeness (QED) is 0.700. The summed E-state index contributed by atoms with van der Waals surface area (Å²) in [5.41, 5.74) is 7.87. The highest BCUT2D eigenvalue weighted by molar-refractivity contribution is 9.10. The fraction of sp³-hybridized carbons (Fsp3) is 0.350. The number of H-pyrrole nitrogens is 1. The van der Waals surface area contributed by atoms with E-state index in [2.05, 4.69) is 62.4 Å². The van der Waals surface area contributed by atoms with E-state index in [4.69, 9.17) is 0 Å². The molecule has 3 heterocycles. The van der Waals surface area contributed by atoms with Gasteiger partial charge >= 0.3 is 0 Å². The molecule has 0 aliphatic carbocycles. The van der Waals surface area contributed by atoms with Gasteiger partial charge in [0.25, 0.3) is 0 Å². The summed E-state index contributed by atoms with van der Waals surface area (Å²) in [4.78, 5) is 8.07. The van der Waals surface area contributed by atoms with Crippen LogP contribution >= 0.6 is 15.9 Å². The lowest BCUT2D eigenvalue weighted by Crippen LogP contribution is -2.32. The third kappa shape index (κ3) is 2.89. The van der Waals surface area contributed by atoms with Crippen LogP contribution in [0.25, 0.3) is 10.9 Å². The van der Waals surface area contributed by atoms with E-state index in [0.717, 1.165) is 36.0 Å². The number of hydrogen-bond acceptors (Lipinski definition) is 2. The molecule has 2 N–H and O–H groups in total. The van der Waals surface area contributed by atoms with Crippen molar-refractivity contribution in [3.05, 3.63) is 63.0 Å². The summed E-state index contributed by atoms with van der Waals surface area (Å²) in [6.07, 6.45) is 5.13. The van der Waals surface area contributed by atoms with E-state index in [1.807, 2.05) is 13.1 Å². The minimum absolute atomic E-state index is 0.534. The number of benzene rings is 1. The predicted molar refractivity (Wildman–Crippen MR) is 102 cm³/mol. The molecule has 1 aliphatic rings. The zero-order valence-electron chi connectivity index (χ0n) is 14.1. The Labute approximate surface area is 151 Å². The Balaban J connectivity index is 1.70. The Kier molecular flexibility index (Phi) is 4.19. The Hall–Kier alpha value is -1.65. The topological polar surface area (TPSA) is 40.7 Å². The largest absolute Gasteiger partial charge is 0.357 e. The average Bonchev–Trinajstić information content (AvgIpc) is 2.95. The summed E-state index contributed by atoms with van der Waals surface area (Å²) in [7, 11) is 0. The molecule has 3 nitrogen and oxygen atoms in total. The van der Waals surface area contributed by atoms with Crippen LogP contribution in [0, 0.1) is 6.92 Å². The summed E-state index contributed by atoms with van der Waals surface area (Å²) < 4.78 is 1.15. The number of aryl methyl sites for hydroxylation is 3. The molecule has 2 aromatic heterocycles. The van der Waals surface area contributed by atoms with Gasteiger partial charge in [0.05, 0.1) is 5.52 Å². The molecule has 4 rings (SSSR count). The van der Waals surface area contributed by atoms with Crippen LogP contribution in [0.1, 0.15) is 35.0 Å². The second-order valence-corrected chi connectivity index (χ2v) is 7.69. The van der Waals surface area contributed by atoms with E-state index < -0.39 is 0 Å². The van der Waals surface area contributed by atoms with Gasteiger partial charge in [0.15, 0.2) is 0 Å². The van der Waals surface area contributed by atoms with Gasteiger partial charge < -0.3 is 10.3 Å². The van der Waals surface area contributed by atoms with Crippen molar-refractivity contribution in [3.8, 4) is 0 Å². The van der Waals surface area contributed by atoms with Crippen molar-refractivity contribution in [2.75, 3.05) is 0 Å². The molecule has 1 aromatic carbocycles. The van der Waals surface area contributed by atoms with Gasteiger partial charge in [-0.05, 0) is 71.4 Å². The van der Waals surface area contributed by atoms with Gasteiger partial charge in [-0.1, -0.05) is 12.1 Å². The Morgan fingerprint density at radius 2 is 2.08 bits per heavy atom. The van der Waals surface area contributed by atoms with Crippen LogP contribution in [0.3, 0.4) is 0 Å². The summed E-state index contributed by atoms with van der Waals surface area (Å²) in [6, 6.07) is 9.25. The van der Waals surface area contributed by atoms with Crippen LogP contribution in [0.15, 0.2) is 34.9 Å². The molecule has 0 fully saturated rings. The highest BCUT2D eigenvalue weighted by atomic mass is 79.9. The van der Waals surface area contributed by atoms with Crippen molar-refractivity contribution in [1.82, 2.24) is 15.3 Å². The Morgan fingerprint density at radius 3 is 2.88 bits per heavy atom. The molecule has 3 aromatic rings. The first-order chi connectivity index (χ1) is 11.6. The number of halogens is 1. The lowest BCUT2D eigenvalue weighted by molar-refractivity contribution is 0.511. The van der Waals surface area contributed by atoms with Gasteiger partial charge in [-0.3, -0.25) is 4.98 Å². The minimum Gasteiger partial charge on any atom is -0.357 e. The second kappa shape index (κ2) is 6.34. The van der Waals surface area contributed by atoms with E-state index in [0.29, 0.717) is 6.04 Å². The van der Waals surface area contributed by atoms with Gasteiger partial charge in [0.2, 0.25) is 0 Å². The minimum atomic E-state index is 0.534. The van der Waals surface area contributed by atoms with Crippen molar-refractivity contribution in [2.45, 2.75) is 45.7 Å². The first-order valence-corrected chi connectivity index (χ1v) is 9.37. The van der Waals surface area contributed by atoms with Crippen LogP contribution < -0.4 is 5.32 Å². The van der Waals surface area contributed by atoms with Crippen LogP contribution in [0.2, 0.25) is 0 Å². The summed E-state index contributed by atoms with van der Waals surface area (Å²) >= 11 is 3.71. The normalized spacial score (nSPS) is 17.2. The van der Waals surface area contributed by atoms with Crippen LogP contribution in [-0.4, -0.2) is 16.0 Å². The lowest BCUT2D eigenvalue weighted by Gasteiger charge is -2.20. The van der Waals surface area contributed by atoms with Crippen molar-refractivity contribution < 1.29 is 0 Å². The van der Waals surface area contributed by atoms with Gasteiger partial charge in [0, 0.05) is 46.5 Å². The third-order valence-electron chi connectivity index (χ3n) is 4.98. The first-order valence-electron chi connectivity index (χ1n) is 8.57. The molecule has 0 bridgehead atoms. The van der Waals surface area contributed by atoms with Crippen molar-refractivity contribution in [2.24, 2.45) is 0 Å². The lowest BCUT2D eigenvalue weighted by atomic mass is 9.96. The maximum Gasteiger partial charge on any atom is 0.0606 e. The number of nitrogens with one attached hydrogen (secondary N) is 2. The third-order valence-corrected chi connectivity index (χ3v) is 5.64. The van der Waals surface area contributed by atoms with E-state index in [1.54, 1.807) is 0 Å². The Morgan fingerprint density at radius 1 is 1.21 bits per heavy atom. The van der Waals surface area contributed by atoms with E-state index in [1.165, 1.54) is 33.3 Å². The number of hydrogen-bond donors (Lipinski definition) is 2. The fourth-order valence-corrected chi connectivity index (χ4v) is 4.05. The van der Waals surface area contributed by atoms with Gasteiger partial charge in [-0.25, -0.2) is 0 Å². The molecule has 124 valence electrons. The molecule has 0 spiro atoms. The highest BCUT2D eigenvalue weighted by Crippen LogP contribution is 2.34. The van der Waals surface area contributed by atoms with Crippen LogP contribution in [0.4, 0.5) is 0 Å². The van der Waals surface area contributed by atoms with E-state index in [-0.39, 0.29) is 0 Å².